The minimum atomic E-state index is -0.272. The summed E-state index contributed by atoms with van der Waals surface area (Å²) in [6.45, 7) is 6.80. The number of carbonyl (C=O) groups excluding carboxylic acids is 1. The van der Waals surface area contributed by atoms with Gasteiger partial charge in [-0.15, -0.1) is 5.10 Å². The van der Waals surface area contributed by atoms with E-state index in [2.05, 4.69) is 10.3 Å². The lowest BCUT2D eigenvalue weighted by Gasteiger charge is -2.18. The van der Waals surface area contributed by atoms with E-state index in [1.165, 1.54) is 6.07 Å². The van der Waals surface area contributed by atoms with Crippen molar-refractivity contribution >= 4 is 11.5 Å². The molecule has 5 nitrogen and oxygen atoms in total. The van der Waals surface area contributed by atoms with Crippen LogP contribution in [-0.2, 0) is 5.54 Å². The van der Waals surface area contributed by atoms with Gasteiger partial charge in [0.25, 0.3) is 5.91 Å². The van der Waals surface area contributed by atoms with E-state index >= 15 is 0 Å². The summed E-state index contributed by atoms with van der Waals surface area (Å²) in [6.07, 6.45) is 3.54. The van der Waals surface area contributed by atoms with Crippen molar-refractivity contribution in [3.63, 3.8) is 0 Å². The smallest absolute Gasteiger partial charge is 0.276 e. The third-order valence-electron chi connectivity index (χ3n) is 3.83. The molecule has 1 aliphatic rings. The predicted octanol–water partition coefficient (Wildman–Crippen LogP) is 2.71. The summed E-state index contributed by atoms with van der Waals surface area (Å²) in [4.78, 5) is 14.2. The number of rotatable bonds is 2. The summed E-state index contributed by atoms with van der Waals surface area (Å²) < 4.78 is 15.5. The third kappa shape index (κ3) is 3.02. The summed E-state index contributed by atoms with van der Waals surface area (Å²) in [6, 6.07) is 6.60. The van der Waals surface area contributed by atoms with Gasteiger partial charge in [-0.3, -0.25) is 4.79 Å². The first kappa shape index (κ1) is 15.4. The van der Waals surface area contributed by atoms with Crippen molar-refractivity contribution in [3.8, 4) is 0 Å². The van der Waals surface area contributed by atoms with Gasteiger partial charge in [0.05, 0.1) is 11.7 Å². The second kappa shape index (κ2) is 5.61. The largest absolute Gasteiger partial charge is 0.329 e. The van der Waals surface area contributed by atoms with Crippen molar-refractivity contribution in [2.75, 3.05) is 13.1 Å². The average Bonchev–Trinajstić information content (AvgIpc) is 3.16. The van der Waals surface area contributed by atoms with E-state index in [1.807, 2.05) is 26.8 Å². The number of aromatic nitrogens is 3. The molecule has 1 aliphatic heterocycles. The number of nitrogens with zero attached hydrogens (tertiary/aromatic N) is 4. The molecule has 0 aliphatic carbocycles. The SMILES string of the molecule is CC(C)(C)n1cc(C(=O)N2CC=C(c3ccccc3F)C2)nn1. The zero-order valence-electron chi connectivity index (χ0n) is 13.5. The number of hydrogen-bond acceptors (Lipinski definition) is 3. The predicted molar refractivity (Wildman–Crippen MR) is 85.3 cm³/mol. The van der Waals surface area contributed by atoms with Gasteiger partial charge in [-0.25, -0.2) is 9.07 Å². The van der Waals surface area contributed by atoms with E-state index in [-0.39, 0.29) is 17.3 Å². The molecule has 1 aromatic heterocycles. The lowest BCUT2D eigenvalue weighted by atomic mass is 10.1. The highest BCUT2D eigenvalue weighted by Crippen LogP contribution is 2.24. The maximum Gasteiger partial charge on any atom is 0.276 e. The minimum absolute atomic E-state index is 0.192. The summed E-state index contributed by atoms with van der Waals surface area (Å²) >= 11 is 0. The first-order chi connectivity index (χ1) is 10.9. The van der Waals surface area contributed by atoms with Gasteiger partial charge >= 0.3 is 0 Å². The molecule has 0 saturated heterocycles. The van der Waals surface area contributed by atoms with Crippen LogP contribution in [0.25, 0.3) is 5.57 Å². The average molecular weight is 314 g/mol. The van der Waals surface area contributed by atoms with Crippen LogP contribution in [-0.4, -0.2) is 38.9 Å². The highest BCUT2D eigenvalue weighted by Gasteiger charge is 2.26. The minimum Gasteiger partial charge on any atom is -0.329 e. The Morgan fingerprint density at radius 1 is 1.26 bits per heavy atom. The summed E-state index contributed by atoms with van der Waals surface area (Å²) in [5.41, 5.74) is 1.44. The molecule has 0 saturated carbocycles. The van der Waals surface area contributed by atoms with Gasteiger partial charge in [0, 0.05) is 18.7 Å². The number of amides is 1. The summed E-state index contributed by atoms with van der Waals surface area (Å²) in [5.74, 6) is -0.463. The fourth-order valence-electron chi connectivity index (χ4n) is 2.48. The fourth-order valence-corrected chi connectivity index (χ4v) is 2.48. The first-order valence-corrected chi connectivity index (χ1v) is 7.52. The molecule has 0 spiro atoms. The molecule has 2 heterocycles. The Morgan fingerprint density at radius 3 is 2.65 bits per heavy atom. The molecule has 3 rings (SSSR count). The summed E-state index contributed by atoms with van der Waals surface area (Å²) in [5, 5.41) is 7.98. The second-order valence-corrected chi connectivity index (χ2v) is 6.61. The molecule has 1 amide bonds. The van der Waals surface area contributed by atoms with Crippen molar-refractivity contribution in [2.45, 2.75) is 26.3 Å². The zero-order valence-corrected chi connectivity index (χ0v) is 13.5. The third-order valence-corrected chi connectivity index (χ3v) is 3.83. The highest BCUT2D eigenvalue weighted by molar-refractivity contribution is 5.94. The Kier molecular flexibility index (Phi) is 3.75. The van der Waals surface area contributed by atoms with Crippen LogP contribution in [0.1, 0.15) is 36.8 Å². The molecular formula is C17H19FN4O. The number of halogens is 1. The summed E-state index contributed by atoms with van der Waals surface area (Å²) in [7, 11) is 0. The fraction of sp³-hybridized carbons (Fsp3) is 0.353. The van der Waals surface area contributed by atoms with Crippen LogP contribution >= 0.6 is 0 Å². The van der Waals surface area contributed by atoms with Crippen LogP contribution in [0, 0.1) is 5.82 Å². The van der Waals surface area contributed by atoms with Gasteiger partial charge in [-0.2, -0.15) is 0 Å². The lowest BCUT2D eigenvalue weighted by Crippen LogP contribution is -2.29. The molecule has 6 heteroatoms. The van der Waals surface area contributed by atoms with E-state index in [4.69, 9.17) is 0 Å². The van der Waals surface area contributed by atoms with E-state index in [0.717, 1.165) is 5.57 Å². The second-order valence-electron chi connectivity index (χ2n) is 6.61. The normalized spacial score (nSPS) is 15.0. The molecule has 0 fully saturated rings. The molecule has 0 atom stereocenters. The number of benzene rings is 1. The van der Waals surface area contributed by atoms with Crippen molar-refractivity contribution in [2.24, 2.45) is 0 Å². The van der Waals surface area contributed by atoms with E-state index in [9.17, 15) is 9.18 Å². The monoisotopic (exact) mass is 314 g/mol. The number of hydrogen-bond donors (Lipinski definition) is 0. The Morgan fingerprint density at radius 2 is 2.00 bits per heavy atom. The Hall–Kier alpha value is -2.50. The van der Waals surface area contributed by atoms with Crippen molar-refractivity contribution in [1.29, 1.82) is 0 Å². The molecule has 2 aromatic rings. The van der Waals surface area contributed by atoms with Gasteiger partial charge in [0.15, 0.2) is 5.69 Å². The van der Waals surface area contributed by atoms with Crippen molar-refractivity contribution in [3.05, 3.63) is 53.6 Å². The standard InChI is InChI=1S/C17H19FN4O/c1-17(2,3)22-11-15(19-20-22)16(23)21-9-8-12(10-21)13-6-4-5-7-14(13)18/h4-8,11H,9-10H2,1-3H3. The van der Waals surface area contributed by atoms with E-state index in [0.29, 0.717) is 24.3 Å². The van der Waals surface area contributed by atoms with Gasteiger partial charge in [0.1, 0.15) is 5.82 Å². The molecule has 0 bridgehead atoms. The lowest BCUT2D eigenvalue weighted by molar-refractivity contribution is 0.0795. The van der Waals surface area contributed by atoms with Crippen LogP contribution in [0.4, 0.5) is 4.39 Å². The molecule has 0 radical (unpaired) electrons. The van der Waals surface area contributed by atoms with Gasteiger partial charge in [0.2, 0.25) is 0 Å². The van der Waals surface area contributed by atoms with Crippen LogP contribution in [0.5, 0.6) is 0 Å². The van der Waals surface area contributed by atoms with Gasteiger partial charge in [-0.1, -0.05) is 29.5 Å². The zero-order chi connectivity index (χ0) is 16.6. The highest BCUT2D eigenvalue weighted by atomic mass is 19.1. The topological polar surface area (TPSA) is 51.0 Å². The van der Waals surface area contributed by atoms with Crippen LogP contribution in [0.15, 0.2) is 36.5 Å². The molecule has 1 aromatic carbocycles. The Labute approximate surface area is 134 Å². The van der Waals surface area contributed by atoms with Gasteiger partial charge in [-0.05, 0) is 32.4 Å². The van der Waals surface area contributed by atoms with E-state index in [1.54, 1.807) is 34.0 Å². The van der Waals surface area contributed by atoms with E-state index < -0.39 is 0 Å². The maximum absolute atomic E-state index is 13.9. The van der Waals surface area contributed by atoms with Crippen LogP contribution in [0.3, 0.4) is 0 Å². The molecular weight excluding hydrogens is 295 g/mol. The quantitative estimate of drug-likeness (QED) is 0.856. The van der Waals surface area contributed by atoms with Crippen LogP contribution < -0.4 is 0 Å². The molecule has 23 heavy (non-hydrogen) atoms. The van der Waals surface area contributed by atoms with Crippen molar-refractivity contribution < 1.29 is 9.18 Å². The van der Waals surface area contributed by atoms with Gasteiger partial charge < -0.3 is 4.90 Å². The van der Waals surface area contributed by atoms with Crippen molar-refractivity contribution in [1.82, 2.24) is 19.9 Å². The first-order valence-electron chi connectivity index (χ1n) is 7.52. The Balaban J connectivity index is 1.74. The Bertz CT molecular complexity index is 773. The maximum atomic E-state index is 13.9. The number of carbonyl (C=O) groups is 1. The molecule has 0 N–H and O–H groups in total. The molecule has 0 unspecified atom stereocenters. The molecule has 120 valence electrons. The van der Waals surface area contributed by atoms with Crippen LogP contribution in [0.2, 0.25) is 0 Å².